The molecule has 1 aliphatic rings. The van der Waals surface area contributed by atoms with Gasteiger partial charge in [-0.2, -0.15) is 14.2 Å². The van der Waals surface area contributed by atoms with E-state index in [0.29, 0.717) is 24.6 Å². The molecule has 0 bridgehead atoms. The Hall–Kier alpha value is -2.63. The van der Waals surface area contributed by atoms with Crippen LogP contribution in [-0.2, 0) is 23.0 Å². The summed E-state index contributed by atoms with van der Waals surface area (Å²) in [4.78, 5) is 19.1. The van der Waals surface area contributed by atoms with E-state index in [4.69, 9.17) is 0 Å². The third-order valence-electron chi connectivity index (χ3n) is 4.39. The molecule has 28 heavy (non-hydrogen) atoms. The number of carbonyl (C=O) groups is 1. The van der Waals surface area contributed by atoms with Crippen LogP contribution in [0.1, 0.15) is 28.0 Å². The van der Waals surface area contributed by atoms with Crippen LogP contribution in [-0.4, -0.2) is 50.9 Å². The highest BCUT2D eigenvalue weighted by molar-refractivity contribution is 7.89. The Bertz CT molecular complexity index is 1110. The van der Waals surface area contributed by atoms with Crippen LogP contribution >= 0.6 is 11.3 Å². The zero-order valence-corrected chi connectivity index (χ0v) is 16.7. The zero-order chi connectivity index (χ0) is 19.7. The molecule has 3 aromatic rings. The number of amides is 1. The van der Waals surface area contributed by atoms with E-state index >= 15 is 0 Å². The van der Waals surface area contributed by atoms with Gasteiger partial charge in [-0.05, 0) is 19.1 Å². The lowest BCUT2D eigenvalue weighted by molar-refractivity contribution is 0.102. The van der Waals surface area contributed by atoms with Crippen molar-refractivity contribution in [3.05, 3.63) is 52.8 Å². The first kappa shape index (κ1) is 18.7. The summed E-state index contributed by atoms with van der Waals surface area (Å²) in [5.74, 6) is -0.340. The van der Waals surface area contributed by atoms with Crippen LogP contribution < -0.4 is 5.32 Å². The SMILES string of the molecule is CCS(=O)(=O)N1CCc2nc(NC(=O)c3cnn(-c4ccccc4)n3)sc2C1. The summed E-state index contributed by atoms with van der Waals surface area (Å²) in [7, 11) is -3.24. The normalized spacial score (nSPS) is 14.6. The van der Waals surface area contributed by atoms with Gasteiger partial charge < -0.3 is 0 Å². The predicted octanol–water partition coefficient (Wildman–Crippen LogP) is 1.68. The smallest absolute Gasteiger partial charge is 0.279 e. The molecule has 9 nitrogen and oxygen atoms in total. The summed E-state index contributed by atoms with van der Waals surface area (Å²) in [6.45, 7) is 2.33. The summed E-state index contributed by atoms with van der Waals surface area (Å²) >= 11 is 1.29. The molecule has 1 aliphatic heterocycles. The largest absolute Gasteiger partial charge is 0.296 e. The number of benzene rings is 1. The number of nitrogens with one attached hydrogen (secondary N) is 1. The maximum atomic E-state index is 12.5. The van der Waals surface area contributed by atoms with Crippen molar-refractivity contribution in [3.8, 4) is 5.69 Å². The number of nitrogens with zero attached hydrogens (tertiary/aromatic N) is 5. The summed E-state index contributed by atoms with van der Waals surface area (Å²) in [5.41, 5.74) is 1.76. The lowest BCUT2D eigenvalue weighted by Gasteiger charge is -2.24. The number of hydrogen-bond acceptors (Lipinski definition) is 7. The van der Waals surface area contributed by atoms with E-state index in [-0.39, 0.29) is 11.4 Å². The molecule has 3 heterocycles. The molecule has 4 rings (SSSR count). The number of carbonyl (C=O) groups excluding carboxylic acids is 1. The fourth-order valence-electron chi connectivity index (χ4n) is 2.86. The highest BCUT2D eigenvalue weighted by Crippen LogP contribution is 2.29. The molecule has 0 aliphatic carbocycles. The van der Waals surface area contributed by atoms with Crippen LogP contribution in [0, 0.1) is 0 Å². The molecule has 1 amide bonds. The van der Waals surface area contributed by atoms with Crippen molar-refractivity contribution in [1.82, 2.24) is 24.3 Å². The maximum Gasteiger partial charge on any atom is 0.279 e. The van der Waals surface area contributed by atoms with Gasteiger partial charge in [-0.3, -0.25) is 10.1 Å². The molecule has 2 aromatic heterocycles. The molecule has 0 unspecified atom stereocenters. The predicted molar refractivity (Wildman–Crippen MR) is 105 cm³/mol. The van der Waals surface area contributed by atoms with Crippen LogP contribution in [0.5, 0.6) is 0 Å². The molecule has 11 heteroatoms. The van der Waals surface area contributed by atoms with Gasteiger partial charge in [-0.25, -0.2) is 13.4 Å². The van der Waals surface area contributed by atoms with Gasteiger partial charge >= 0.3 is 0 Å². The minimum atomic E-state index is -3.24. The third-order valence-corrected chi connectivity index (χ3v) is 7.21. The lowest BCUT2D eigenvalue weighted by atomic mass is 10.2. The first-order valence-electron chi connectivity index (χ1n) is 8.72. The summed E-state index contributed by atoms with van der Waals surface area (Å²) in [6.07, 6.45) is 1.93. The van der Waals surface area contributed by atoms with E-state index in [0.717, 1.165) is 16.3 Å². The van der Waals surface area contributed by atoms with Crippen molar-refractivity contribution in [2.24, 2.45) is 0 Å². The van der Waals surface area contributed by atoms with Crippen molar-refractivity contribution < 1.29 is 13.2 Å². The molecular formula is C17H18N6O3S2. The van der Waals surface area contributed by atoms with E-state index in [9.17, 15) is 13.2 Å². The average Bonchev–Trinajstić information content (AvgIpc) is 3.35. The fraction of sp³-hybridized carbons (Fsp3) is 0.294. The molecule has 0 saturated heterocycles. The van der Waals surface area contributed by atoms with Gasteiger partial charge in [0.1, 0.15) is 0 Å². The van der Waals surface area contributed by atoms with E-state index < -0.39 is 15.9 Å². The second-order valence-electron chi connectivity index (χ2n) is 6.18. The lowest BCUT2D eigenvalue weighted by Crippen LogP contribution is -2.36. The Morgan fingerprint density at radius 3 is 2.82 bits per heavy atom. The summed E-state index contributed by atoms with van der Waals surface area (Å²) < 4.78 is 25.6. The van der Waals surface area contributed by atoms with Crippen LogP contribution in [0.4, 0.5) is 5.13 Å². The number of fused-ring (bicyclic) bond motifs is 1. The van der Waals surface area contributed by atoms with Gasteiger partial charge in [0.15, 0.2) is 10.8 Å². The number of para-hydroxylation sites is 1. The minimum absolute atomic E-state index is 0.0712. The maximum absolute atomic E-state index is 12.5. The quantitative estimate of drug-likeness (QED) is 0.675. The third kappa shape index (κ3) is 3.68. The van der Waals surface area contributed by atoms with Gasteiger partial charge in [-0.1, -0.05) is 18.2 Å². The van der Waals surface area contributed by atoms with Crippen molar-refractivity contribution in [3.63, 3.8) is 0 Å². The first-order chi connectivity index (χ1) is 13.5. The Morgan fingerprint density at radius 1 is 1.29 bits per heavy atom. The Morgan fingerprint density at radius 2 is 2.07 bits per heavy atom. The molecule has 0 spiro atoms. The zero-order valence-electron chi connectivity index (χ0n) is 15.1. The standard InChI is InChI=1S/C17H18N6O3S2/c1-2-28(25,26)22-9-8-13-15(11-22)27-17(19-13)20-16(24)14-10-18-23(21-14)12-6-4-3-5-7-12/h3-7,10H,2,8-9,11H2,1H3,(H,19,20,24). The molecule has 1 N–H and O–H groups in total. The summed E-state index contributed by atoms with van der Waals surface area (Å²) in [5, 5.41) is 11.5. The van der Waals surface area contributed by atoms with Crippen LogP contribution in [0.3, 0.4) is 0 Å². The molecule has 0 saturated carbocycles. The number of rotatable bonds is 5. The van der Waals surface area contributed by atoms with Gasteiger partial charge in [0.25, 0.3) is 5.91 Å². The van der Waals surface area contributed by atoms with Gasteiger partial charge in [0, 0.05) is 24.4 Å². The van der Waals surface area contributed by atoms with Gasteiger partial charge in [0.05, 0.1) is 23.3 Å². The van der Waals surface area contributed by atoms with E-state index in [1.807, 2.05) is 30.3 Å². The highest BCUT2D eigenvalue weighted by Gasteiger charge is 2.28. The number of sulfonamides is 1. The van der Waals surface area contributed by atoms with Crippen molar-refractivity contribution in [2.75, 3.05) is 17.6 Å². The second kappa shape index (κ2) is 7.41. The van der Waals surface area contributed by atoms with E-state index in [1.54, 1.807) is 6.92 Å². The van der Waals surface area contributed by atoms with Crippen LogP contribution in [0.15, 0.2) is 36.5 Å². The van der Waals surface area contributed by atoms with Crippen molar-refractivity contribution in [2.45, 2.75) is 19.9 Å². The second-order valence-corrected chi connectivity index (χ2v) is 9.52. The topological polar surface area (TPSA) is 110 Å². The van der Waals surface area contributed by atoms with Crippen molar-refractivity contribution >= 4 is 32.4 Å². The Kier molecular flexibility index (Phi) is 4.96. The average molecular weight is 419 g/mol. The Balaban J connectivity index is 1.48. The van der Waals surface area contributed by atoms with Gasteiger partial charge in [-0.15, -0.1) is 16.4 Å². The highest BCUT2D eigenvalue weighted by atomic mass is 32.2. The molecule has 0 radical (unpaired) electrons. The minimum Gasteiger partial charge on any atom is -0.296 e. The first-order valence-corrected chi connectivity index (χ1v) is 11.1. The van der Waals surface area contributed by atoms with Crippen LogP contribution in [0.25, 0.3) is 5.69 Å². The van der Waals surface area contributed by atoms with Gasteiger partial charge in [0.2, 0.25) is 10.0 Å². The number of anilines is 1. The molecule has 1 aromatic carbocycles. The van der Waals surface area contributed by atoms with E-state index in [1.165, 1.54) is 26.6 Å². The molecule has 146 valence electrons. The fourth-order valence-corrected chi connectivity index (χ4v) is 5.02. The van der Waals surface area contributed by atoms with Crippen molar-refractivity contribution in [1.29, 1.82) is 0 Å². The molecular weight excluding hydrogens is 400 g/mol. The number of hydrogen-bond donors (Lipinski definition) is 1. The monoisotopic (exact) mass is 418 g/mol. The van der Waals surface area contributed by atoms with Crippen LogP contribution in [0.2, 0.25) is 0 Å². The molecule has 0 atom stereocenters. The number of aromatic nitrogens is 4. The van der Waals surface area contributed by atoms with E-state index in [2.05, 4.69) is 20.5 Å². The summed E-state index contributed by atoms with van der Waals surface area (Å²) in [6, 6.07) is 9.29. The Labute approximate surface area is 166 Å². The number of thiazole rings is 1. The molecule has 0 fully saturated rings.